The molecule has 3 heteroatoms. The molecule has 0 aromatic heterocycles. The zero-order valence-corrected chi connectivity index (χ0v) is 15.6. The van der Waals surface area contributed by atoms with Gasteiger partial charge in [0, 0.05) is 12.2 Å². The van der Waals surface area contributed by atoms with Gasteiger partial charge in [-0.15, -0.1) is 0 Å². The highest BCUT2D eigenvalue weighted by molar-refractivity contribution is 7.80. The van der Waals surface area contributed by atoms with Crippen LogP contribution in [0.4, 0.5) is 5.69 Å². The number of thiocarbonyl (C=S) groups is 1. The van der Waals surface area contributed by atoms with Crippen LogP contribution in [-0.2, 0) is 12.8 Å². The fraction of sp³-hybridized carbons (Fsp3) is 0.550. The van der Waals surface area contributed by atoms with Gasteiger partial charge in [-0.3, -0.25) is 0 Å². The van der Waals surface area contributed by atoms with Crippen LogP contribution in [0.2, 0.25) is 0 Å². The van der Waals surface area contributed by atoms with Crippen molar-refractivity contribution in [3.05, 3.63) is 41.0 Å². The maximum Gasteiger partial charge on any atom is 0.171 e. The number of hydrogen-bond acceptors (Lipinski definition) is 1. The maximum atomic E-state index is 5.45. The fourth-order valence-electron chi connectivity index (χ4n) is 3.40. The van der Waals surface area contributed by atoms with E-state index in [4.69, 9.17) is 12.2 Å². The van der Waals surface area contributed by atoms with Gasteiger partial charge in [0.05, 0.1) is 0 Å². The van der Waals surface area contributed by atoms with Crippen LogP contribution in [0.25, 0.3) is 0 Å². The van der Waals surface area contributed by atoms with E-state index in [0.717, 1.165) is 30.9 Å². The van der Waals surface area contributed by atoms with Gasteiger partial charge in [-0.25, -0.2) is 0 Å². The highest BCUT2D eigenvalue weighted by Crippen LogP contribution is 2.37. The first kappa shape index (κ1) is 18.0. The van der Waals surface area contributed by atoms with Crippen molar-refractivity contribution in [1.82, 2.24) is 5.32 Å². The van der Waals surface area contributed by atoms with E-state index in [-0.39, 0.29) is 0 Å². The maximum absolute atomic E-state index is 5.45. The second-order valence-corrected chi connectivity index (χ2v) is 7.08. The van der Waals surface area contributed by atoms with Crippen LogP contribution in [0.5, 0.6) is 0 Å². The van der Waals surface area contributed by atoms with Crippen LogP contribution in [0.3, 0.4) is 0 Å². The molecule has 0 amide bonds. The van der Waals surface area contributed by atoms with Crippen LogP contribution < -0.4 is 10.6 Å². The van der Waals surface area contributed by atoms with E-state index in [0.29, 0.717) is 5.11 Å². The Hall–Kier alpha value is -1.35. The summed E-state index contributed by atoms with van der Waals surface area (Å²) in [5.74, 6) is 0.758. The van der Waals surface area contributed by atoms with Crippen LogP contribution >= 0.6 is 12.2 Å². The summed E-state index contributed by atoms with van der Waals surface area (Å²) in [6, 6.07) is 4.80. The molecule has 0 saturated heterocycles. The smallest absolute Gasteiger partial charge is 0.171 e. The van der Waals surface area contributed by atoms with Crippen LogP contribution in [0.15, 0.2) is 24.3 Å². The molecule has 0 unspecified atom stereocenters. The predicted molar refractivity (Wildman–Crippen MR) is 105 cm³/mol. The van der Waals surface area contributed by atoms with E-state index in [1.165, 1.54) is 48.1 Å². The summed E-state index contributed by atoms with van der Waals surface area (Å²) in [4.78, 5) is 0. The summed E-state index contributed by atoms with van der Waals surface area (Å²) in [7, 11) is 0. The van der Waals surface area contributed by atoms with Crippen molar-refractivity contribution < 1.29 is 0 Å². The lowest BCUT2D eigenvalue weighted by Crippen LogP contribution is -2.30. The van der Waals surface area contributed by atoms with Gasteiger partial charge in [0.1, 0.15) is 0 Å². The van der Waals surface area contributed by atoms with Gasteiger partial charge in [0.25, 0.3) is 0 Å². The molecule has 0 atom stereocenters. The van der Waals surface area contributed by atoms with Crippen molar-refractivity contribution in [2.75, 3.05) is 11.9 Å². The van der Waals surface area contributed by atoms with Gasteiger partial charge in [-0.2, -0.15) is 0 Å². The molecule has 23 heavy (non-hydrogen) atoms. The summed E-state index contributed by atoms with van der Waals surface area (Å²) in [6.07, 6.45) is 7.50. The lowest BCUT2D eigenvalue weighted by Gasteiger charge is -2.20. The van der Waals surface area contributed by atoms with E-state index in [1.807, 2.05) is 6.92 Å². The summed E-state index contributed by atoms with van der Waals surface area (Å²) in [5, 5.41) is 7.34. The molecule has 0 heterocycles. The fourth-order valence-corrected chi connectivity index (χ4v) is 3.57. The van der Waals surface area contributed by atoms with Gasteiger partial charge in [0.2, 0.25) is 0 Å². The minimum Gasteiger partial charge on any atom is -0.359 e. The van der Waals surface area contributed by atoms with E-state index >= 15 is 0 Å². The second kappa shape index (κ2) is 8.49. The number of anilines is 1. The predicted octanol–water partition coefficient (Wildman–Crippen LogP) is 5.33. The topological polar surface area (TPSA) is 24.1 Å². The highest BCUT2D eigenvalue weighted by atomic mass is 32.1. The van der Waals surface area contributed by atoms with Crippen molar-refractivity contribution in [2.45, 2.75) is 65.2 Å². The molecule has 1 aliphatic rings. The second-order valence-electron chi connectivity index (χ2n) is 6.67. The standard InChI is InChI=1S/C20H30N2S/c1-5-15-11-18(17-9-7-8-10-17)12-16(6-2)19(15)22-20(23)21-13-14(3)4/h11-12,17H,3,5-10,13H2,1-2,4H3,(H2,21,22,23). The van der Waals surface area contributed by atoms with Crippen molar-refractivity contribution in [2.24, 2.45) is 0 Å². The molecule has 1 aliphatic carbocycles. The average molecular weight is 331 g/mol. The number of hydrogen-bond donors (Lipinski definition) is 2. The summed E-state index contributed by atoms with van der Waals surface area (Å²) >= 11 is 5.45. The Kier molecular flexibility index (Phi) is 6.64. The Bertz CT molecular complexity index is 546. The number of nitrogens with one attached hydrogen (secondary N) is 2. The molecule has 0 radical (unpaired) electrons. The Balaban J connectivity index is 2.23. The van der Waals surface area contributed by atoms with Crippen molar-refractivity contribution in [3.63, 3.8) is 0 Å². The Morgan fingerprint density at radius 1 is 1.17 bits per heavy atom. The van der Waals surface area contributed by atoms with Crippen LogP contribution in [0, 0.1) is 0 Å². The minimum absolute atomic E-state index is 0.686. The third-order valence-corrected chi connectivity index (χ3v) is 4.95. The normalized spacial score (nSPS) is 14.7. The molecule has 0 bridgehead atoms. The minimum atomic E-state index is 0.686. The number of aryl methyl sites for hydroxylation is 2. The van der Waals surface area contributed by atoms with E-state index in [1.54, 1.807) is 0 Å². The number of benzene rings is 1. The van der Waals surface area contributed by atoms with Gasteiger partial charge in [0.15, 0.2) is 5.11 Å². The van der Waals surface area contributed by atoms with Gasteiger partial charge < -0.3 is 10.6 Å². The molecule has 126 valence electrons. The van der Waals surface area contributed by atoms with Crippen molar-refractivity contribution in [3.8, 4) is 0 Å². The molecule has 0 aliphatic heterocycles. The number of rotatable bonds is 6. The average Bonchev–Trinajstić information content (AvgIpc) is 3.07. The van der Waals surface area contributed by atoms with Crippen molar-refractivity contribution >= 4 is 23.0 Å². The third-order valence-electron chi connectivity index (χ3n) is 4.70. The molecule has 2 nitrogen and oxygen atoms in total. The molecule has 0 spiro atoms. The summed E-state index contributed by atoms with van der Waals surface area (Å²) in [5.41, 5.74) is 6.58. The molecule has 1 aromatic rings. The quantitative estimate of drug-likeness (QED) is 0.544. The first-order chi connectivity index (χ1) is 11.0. The summed E-state index contributed by atoms with van der Waals surface area (Å²) < 4.78 is 0. The molecule has 1 saturated carbocycles. The van der Waals surface area contributed by atoms with Gasteiger partial charge >= 0.3 is 0 Å². The van der Waals surface area contributed by atoms with E-state index in [9.17, 15) is 0 Å². The Morgan fingerprint density at radius 2 is 1.74 bits per heavy atom. The van der Waals surface area contributed by atoms with Crippen LogP contribution in [0.1, 0.15) is 69.1 Å². The molecule has 1 fully saturated rings. The molecular formula is C20H30N2S. The molecule has 1 aromatic carbocycles. The van der Waals surface area contributed by atoms with Crippen molar-refractivity contribution in [1.29, 1.82) is 0 Å². The Labute approximate surface area is 146 Å². The molecule has 2 N–H and O–H groups in total. The third kappa shape index (κ3) is 4.81. The zero-order chi connectivity index (χ0) is 16.8. The Morgan fingerprint density at radius 3 is 2.22 bits per heavy atom. The molecular weight excluding hydrogens is 300 g/mol. The monoisotopic (exact) mass is 330 g/mol. The highest BCUT2D eigenvalue weighted by Gasteiger charge is 2.19. The first-order valence-corrected chi connectivity index (χ1v) is 9.30. The van der Waals surface area contributed by atoms with E-state index < -0.39 is 0 Å². The molecule has 2 rings (SSSR count). The lowest BCUT2D eigenvalue weighted by atomic mass is 9.91. The largest absolute Gasteiger partial charge is 0.359 e. The SMILES string of the molecule is C=C(C)CNC(=S)Nc1c(CC)cc(C2CCCC2)cc1CC. The van der Waals surface area contributed by atoms with Gasteiger partial charge in [-0.05, 0) is 67.4 Å². The van der Waals surface area contributed by atoms with Crippen LogP contribution in [-0.4, -0.2) is 11.7 Å². The van der Waals surface area contributed by atoms with E-state index in [2.05, 4.69) is 43.2 Å². The lowest BCUT2D eigenvalue weighted by molar-refractivity contribution is 0.720. The summed E-state index contributed by atoms with van der Waals surface area (Å²) in [6.45, 7) is 11.1. The van der Waals surface area contributed by atoms with Gasteiger partial charge in [-0.1, -0.05) is 51.0 Å². The zero-order valence-electron chi connectivity index (χ0n) is 14.8. The first-order valence-electron chi connectivity index (χ1n) is 8.90.